The molecule has 2 amide bonds. The van der Waals surface area contributed by atoms with Crippen LogP contribution in [0.1, 0.15) is 54.9 Å². The highest BCUT2D eigenvalue weighted by Gasteiger charge is 2.58. The summed E-state index contributed by atoms with van der Waals surface area (Å²) >= 11 is 0. The van der Waals surface area contributed by atoms with Gasteiger partial charge in [0, 0.05) is 74.7 Å². The molecule has 5 fully saturated rings. The maximum absolute atomic E-state index is 12.9. The summed E-state index contributed by atoms with van der Waals surface area (Å²) in [5, 5.41) is 11.3. The molecule has 2 spiro atoms. The van der Waals surface area contributed by atoms with E-state index in [4.69, 9.17) is 4.98 Å². The van der Waals surface area contributed by atoms with Crippen LogP contribution in [0, 0.1) is 10.8 Å². The van der Waals surface area contributed by atoms with Crippen LogP contribution in [0.4, 0.5) is 18.0 Å². The van der Waals surface area contributed by atoms with E-state index in [-0.39, 0.29) is 16.9 Å². The normalized spacial score (nSPS) is 25.3. The first-order chi connectivity index (χ1) is 16.7. The quantitative estimate of drug-likeness (QED) is 0.696. The first kappa shape index (κ1) is 21.6. The van der Waals surface area contributed by atoms with E-state index in [0.717, 1.165) is 68.4 Å². The van der Waals surface area contributed by atoms with Crippen LogP contribution in [0.2, 0.25) is 0 Å². The van der Waals surface area contributed by atoms with Gasteiger partial charge in [-0.15, -0.1) is 0 Å². The Hall–Kier alpha value is -2.63. The van der Waals surface area contributed by atoms with Crippen LogP contribution in [0.5, 0.6) is 0 Å². The van der Waals surface area contributed by atoms with Crippen LogP contribution in [0.15, 0.2) is 12.3 Å². The molecular weight excluding hydrogens is 461 g/mol. The van der Waals surface area contributed by atoms with Gasteiger partial charge < -0.3 is 9.80 Å². The number of hydrogen-bond donors (Lipinski definition) is 1. The van der Waals surface area contributed by atoms with Crippen molar-refractivity contribution in [3.05, 3.63) is 29.6 Å². The van der Waals surface area contributed by atoms with Crippen molar-refractivity contribution in [1.29, 1.82) is 0 Å². The molecule has 2 aliphatic carbocycles. The molecule has 0 atom stereocenters. The number of carbonyl (C=O) groups excluding carboxylic acids is 1. The average Bonchev–Trinajstić information content (AvgIpc) is 3.26. The summed E-state index contributed by atoms with van der Waals surface area (Å²) in [4.78, 5) is 23.6. The van der Waals surface area contributed by atoms with Crippen molar-refractivity contribution in [2.24, 2.45) is 10.8 Å². The highest BCUT2D eigenvalue weighted by Crippen LogP contribution is 2.56. The lowest BCUT2D eigenvalue weighted by atomic mass is 9.57. The number of H-pyrrole nitrogens is 1. The molecule has 3 saturated heterocycles. The first-order valence-corrected chi connectivity index (χ1v) is 12.4. The van der Waals surface area contributed by atoms with E-state index in [9.17, 15) is 18.0 Å². The Morgan fingerprint density at radius 1 is 1.03 bits per heavy atom. The van der Waals surface area contributed by atoms with E-state index in [1.165, 1.54) is 19.0 Å². The largest absolute Gasteiger partial charge is 0.408 e. The maximum atomic E-state index is 12.9. The van der Waals surface area contributed by atoms with Crippen LogP contribution in [0.25, 0.3) is 0 Å². The number of rotatable bonds is 5. The molecule has 3 aliphatic heterocycles. The number of carbonyl (C=O) groups is 1. The molecule has 188 valence electrons. The van der Waals surface area contributed by atoms with Crippen LogP contribution < -0.4 is 0 Å². The molecule has 2 saturated carbocycles. The van der Waals surface area contributed by atoms with E-state index in [1.807, 2.05) is 9.80 Å². The first-order valence-electron chi connectivity index (χ1n) is 12.4. The van der Waals surface area contributed by atoms with E-state index in [2.05, 4.69) is 20.2 Å². The van der Waals surface area contributed by atoms with Gasteiger partial charge in [0.25, 0.3) is 0 Å². The van der Waals surface area contributed by atoms with E-state index < -0.39 is 12.7 Å². The molecule has 5 heterocycles. The van der Waals surface area contributed by atoms with Gasteiger partial charge in [0.05, 0.1) is 5.69 Å². The number of aromatic nitrogens is 5. The van der Waals surface area contributed by atoms with E-state index in [0.29, 0.717) is 24.1 Å². The summed E-state index contributed by atoms with van der Waals surface area (Å²) in [6.45, 7) is 4.12. The highest BCUT2D eigenvalue weighted by molar-refractivity contribution is 5.77. The topological polar surface area (TPSA) is 86.2 Å². The monoisotopic (exact) mass is 490 g/mol. The Labute approximate surface area is 200 Å². The summed E-state index contributed by atoms with van der Waals surface area (Å²) in [7, 11) is 0. The molecule has 12 heteroatoms. The van der Waals surface area contributed by atoms with Crippen molar-refractivity contribution in [3.63, 3.8) is 0 Å². The van der Waals surface area contributed by atoms with Gasteiger partial charge in [0.1, 0.15) is 12.4 Å². The summed E-state index contributed by atoms with van der Waals surface area (Å²) in [5.41, 5.74) is 0.922. The van der Waals surface area contributed by atoms with E-state index in [1.54, 1.807) is 6.07 Å². The smallest absolute Gasteiger partial charge is 0.323 e. The predicted molar refractivity (Wildman–Crippen MR) is 117 cm³/mol. The highest BCUT2D eigenvalue weighted by atomic mass is 19.4. The minimum Gasteiger partial charge on any atom is -0.323 e. The number of urea groups is 1. The van der Waals surface area contributed by atoms with Crippen LogP contribution in [-0.2, 0) is 13.1 Å². The molecular formula is C23H29F3N8O. The Bertz CT molecular complexity index is 1130. The number of hydrogen-bond acceptors (Lipinski definition) is 5. The summed E-state index contributed by atoms with van der Waals surface area (Å²) in [5.74, 6) is 2.99. The second kappa shape index (κ2) is 7.21. The second-order valence-corrected chi connectivity index (χ2v) is 11.7. The number of likely N-dealkylation sites (tertiary alicyclic amines) is 3. The Morgan fingerprint density at radius 2 is 1.71 bits per heavy atom. The third-order valence-electron chi connectivity index (χ3n) is 8.49. The number of nitrogens with one attached hydrogen (secondary N) is 1. The van der Waals surface area contributed by atoms with Gasteiger partial charge in [-0.05, 0) is 31.7 Å². The van der Waals surface area contributed by atoms with Gasteiger partial charge in [-0.2, -0.15) is 23.4 Å². The fourth-order valence-electron chi connectivity index (χ4n) is 6.68. The Kier molecular flexibility index (Phi) is 4.45. The lowest BCUT2D eigenvalue weighted by Crippen LogP contribution is -2.75. The predicted octanol–water partition coefficient (Wildman–Crippen LogP) is 2.56. The molecule has 0 radical (unpaired) electrons. The zero-order valence-electron chi connectivity index (χ0n) is 19.5. The lowest BCUT2D eigenvalue weighted by Gasteiger charge is -2.63. The van der Waals surface area contributed by atoms with Gasteiger partial charge in [0.15, 0.2) is 5.82 Å². The van der Waals surface area contributed by atoms with Crippen molar-refractivity contribution < 1.29 is 18.0 Å². The van der Waals surface area contributed by atoms with Crippen molar-refractivity contribution in [1.82, 2.24) is 39.7 Å². The molecule has 0 aromatic carbocycles. The fraction of sp³-hybridized carbons (Fsp3) is 0.739. The zero-order chi connectivity index (χ0) is 24.0. The third-order valence-corrected chi connectivity index (χ3v) is 8.49. The SMILES string of the molecule is O=C(N1CC2(CC(c3nc(C4CC4)n[nH]3)C2)C1)N1CC2(CN(Cc3ccnn3CC(F)(F)F)C2)C1. The summed E-state index contributed by atoms with van der Waals surface area (Å²) < 4.78 is 39.2. The van der Waals surface area contributed by atoms with Crippen molar-refractivity contribution >= 4 is 6.03 Å². The number of halogens is 3. The Morgan fingerprint density at radius 3 is 2.37 bits per heavy atom. The molecule has 7 rings (SSSR count). The minimum absolute atomic E-state index is 0.0974. The van der Waals surface area contributed by atoms with Crippen LogP contribution >= 0.6 is 0 Å². The molecule has 35 heavy (non-hydrogen) atoms. The molecule has 2 aromatic heterocycles. The van der Waals surface area contributed by atoms with Crippen LogP contribution in [-0.4, -0.2) is 91.1 Å². The van der Waals surface area contributed by atoms with Gasteiger partial charge in [-0.1, -0.05) is 0 Å². The van der Waals surface area contributed by atoms with Crippen molar-refractivity contribution in [2.45, 2.75) is 56.8 Å². The maximum Gasteiger partial charge on any atom is 0.408 e. The van der Waals surface area contributed by atoms with Gasteiger partial charge in [-0.25, -0.2) is 9.78 Å². The van der Waals surface area contributed by atoms with Crippen molar-refractivity contribution in [2.75, 3.05) is 39.3 Å². The average molecular weight is 491 g/mol. The standard InChI is InChI=1S/C23H29F3N8O/c24-23(25,26)14-34-17(3-4-27-34)7-31-8-22(9-31)12-33(13-22)20(35)32-10-21(11-32)5-16(6-21)19-28-18(29-30-19)15-1-2-15/h3-4,15-16H,1-2,5-14H2,(H,28,29,30). The molecule has 9 nitrogen and oxygen atoms in total. The molecule has 0 unspecified atom stereocenters. The van der Waals surface area contributed by atoms with Gasteiger partial charge >= 0.3 is 12.2 Å². The second-order valence-electron chi connectivity index (χ2n) is 11.7. The molecule has 0 bridgehead atoms. The zero-order valence-corrected chi connectivity index (χ0v) is 19.5. The lowest BCUT2D eigenvalue weighted by molar-refractivity contribution is -0.144. The molecule has 5 aliphatic rings. The molecule has 1 N–H and O–H groups in total. The number of nitrogens with zero attached hydrogens (tertiary/aromatic N) is 7. The van der Waals surface area contributed by atoms with E-state index >= 15 is 0 Å². The minimum atomic E-state index is -4.28. The fourth-order valence-corrected chi connectivity index (χ4v) is 6.68. The number of alkyl halides is 3. The van der Waals surface area contributed by atoms with Gasteiger partial charge in [-0.3, -0.25) is 14.7 Å². The van der Waals surface area contributed by atoms with Crippen molar-refractivity contribution in [3.8, 4) is 0 Å². The summed E-state index contributed by atoms with van der Waals surface area (Å²) in [6.07, 6.45) is 1.68. The number of aromatic amines is 1. The number of amides is 2. The summed E-state index contributed by atoms with van der Waals surface area (Å²) in [6, 6.07) is 1.77. The van der Waals surface area contributed by atoms with Gasteiger partial charge in [0.2, 0.25) is 0 Å². The Balaban J connectivity index is 0.846. The third kappa shape index (κ3) is 3.80. The van der Waals surface area contributed by atoms with Crippen LogP contribution in [0.3, 0.4) is 0 Å². The molecule has 2 aromatic rings.